The molecule has 41 heavy (non-hydrogen) atoms. The molecule has 0 amide bonds. The molecule has 0 aromatic carbocycles. The van der Waals surface area contributed by atoms with Crippen molar-refractivity contribution in [1.29, 1.82) is 0 Å². The molecule has 0 aromatic heterocycles. The van der Waals surface area contributed by atoms with Gasteiger partial charge in [-0.3, -0.25) is 0 Å². The van der Waals surface area contributed by atoms with Crippen molar-refractivity contribution in [3.05, 3.63) is 11.6 Å². The molecule has 2 heterocycles. The van der Waals surface area contributed by atoms with Gasteiger partial charge in [-0.05, 0) is 45.1 Å². The van der Waals surface area contributed by atoms with Crippen LogP contribution in [0, 0.1) is 0 Å². The maximum Gasteiger partial charge on any atom is 0.334 e. The molecule has 6 atom stereocenters. The fourth-order valence-corrected chi connectivity index (χ4v) is 6.40. The van der Waals surface area contributed by atoms with E-state index in [2.05, 4.69) is 6.92 Å². The van der Waals surface area contributed by atoms with Crippen LogP contribution in [0.25, 0.3) is 0 Å². The SMILES string of the molecule is CCCCCCCCCCCC[C@H](O)[C@H]1CC[C@H]([C@@H](O)CCCCCCCCCC[C@@H](O)CC2=C[C@H](C)OC2=O)O1. The van der Waals surface area contributed by atoms with Crippen LogP contribution in [0.5, 0.6) is 0 Å². The highest BCUT2D eigenvalue weighted by molar-refractivity contribution is 5.90. The van der Waals surface area contributed by atoms with Crippen LogP contribution in [-0.4, -0.2) is 57.9 Å². The molecular weight excluding hydrogens is 516 g/mol. The number of hydrogen-bond donors (Lipinski definition) is 3. The number of carbonyl (C=O) groups is 1. The third-order valence-electron chi connectivity index (χ3n) is 9.03. The molecule has 3 N–H and O–H groups in total. The molecule has 1 saturated heterocycles. The number of rotatable bonds is 26. The highest BCUT2D eigenvalue weighted by Crippen LogP contribution is 2.28. The molecule has 1 fully saturated rings. The summed E-state index contributed by atoms with van der Waals surface area (Å²) in [6.45, 7) is 4.10. The molecule has 0 aliphatic carbocycles. The number of unbranched alkanes of at least 4 members (excludes halogenated alkanes) is 16. The summed E-state index contributed by atoms with van der Waals surface area (Å²) < 4.78 is 11.2. The second kappa shape index (κ2) is 22.6. The van der Waals surface area contributed by atoms with E-state index in [4.69, 9.17) is 9.47 Å². The first-order chi connectivity index (χ1) is 19.9. The van der Waals surface area contributed by atoms with E-state index in [1.54, 1.807) is 0 Å². The Kier molecular flexibility index (Phi) is 20.0. The van der Waals surface area contributed by atoms with Gasteiger partial charge in [-0.15, -0.1) is 0 Å². The van der Waals surface area contributed by atoms with Crippen LogP contribution >= 0.6 is 0 Å². The first-order valence-corrected chi connectivity index (χ1v) is 17.5. The lowest BCUT2D eigenvalue weighted by atomic mass is 9.99. The van der Waals surface area contributed by atoms with E-state index in [1.165, 1.54) is 83.5 Å². The number of ether oxygens (including phenoxy) is 2. The Bertz CT molecular complexity index is 694. The van der Waals surface area contributed by atoms with Gasteiger partial charge < -0.3 is 24.8 Å². The van der Waals surface area contributed by atoms with E-state index >= 15 is 0 Å². The van der Waals surface area contributed by atoms with Crippen molar-refractivity contribution in [1.82, 2.24) is 0 Å². The lowest BCUT2D eigenvalue weighted by molar-refractivity contribution is -0.139. The fraction of sp³-hybridized carbons (Fsp3) is 0.914. The number of esters is 1. The molecule has 6 heteroatoms. The van der Waals surface area contributed by atoms with Gasteiger partial charge in [0, 0.05) is 12.0 Å². The molecule has 240 valence electrons. The number of aliphatic hydroxyl groups excluding tert-OH is 3. The van der Waals surface area contributed by atoms with Crippen LogP contribution in [0.15, 0.2) is 11.6 Å². The number of cyclic esters (lactones) is 1. The summed E-state index contributed by atoms with van der Waals surface area (Å²) >= 11 is 0. The summed E-state index contributed by atoms with van der Waals surface area (Å²) in [4.78, 5) is 11.6. The van der Waals surface area contributed by atoms with Crippen molar-refractivity contribution < 1.29 is 29.6 Å². The van der Waals surface area contributed by atoms with Gasteiger partial charge in [0.1, 0.15) is 6.10 Å². The van der Waals surface area contributed by atoms with Gasteiger partial charge >= 0.3 is 5.97 Å². The van der Waals surface area contributed by atoms with Crippen molar-refractivity contribution in [2.24, 2.45) is 0 Å². The summed E-state index contributed by atoms with van der Waals surface area (Å²) in [6, 6.07) is 0. The van der Waals surface area contributed by atoms with E-state index in [1.807, 2.05) is 13.0 Å². The van der Waals surface area contributed by atoms with Crippen LogP contribution in [0.3, 0.4) is 0 Å². The Morgan fingerprint density at radius 2 is 1.10 bits per heavy atom. The zero-order valence-corrected chi connectivity index (χ0v) is 26.6. The third kappa shape index (κ3) is 16.5. The maximum absolute atomic E-state index is 11.6. The summed E-state index contributed by atoms with van der Waals surface area (Å²) in [5.74, 6) is -0.280. The quantitative estimate of drug-likeness (QED) is 0.0707. The van der Waals surface area contributed by atoms with E-state index in [-0.39, 0.29) is 24.3 Å². The van der Waals surface area contributed by atoms with Gasteiger partial charge in [0.15, 0.2) is 0 Å². The summed E-state index contributed by atoms with van der Waals surface area (Å²) in [5.41, 5.74) is 0.617. The number of aliphatic hydroxyl groups is 3. The van der Waals surface area contributed by atoms with E-state index in [9.17, 15) is 20.1 Å². The Hall–Kier alpha value is -0.950. The van der Waals surface area contributed by atoms with Gasteiger partial charge in [0.05, 0.1) is 30.5 Å². The van der Waals surface area contributed by atoms with Gasteiger partial charge in [-0.25, -0.2) is 4.79 Å². The molecular formula is C35H64O6. The fourth-order valence-electron chi connectivity index (χ4n) is 6.40. The van der Waals surface area contributed by atoms with Gasteiger partial charge in [0.25, 0.3) is 0 Å². The molecule has 2 rings (SSSR count). The second-order valence-corrected chi connectivity index (χ2v) is 13.0. The molecule has 0 radical (unpaired) electrons. The Labute approximate surface area is 251 Å². The number of hydrogen-bond acceptors (Lipinski definition) is 6. The van der Waals surface area contributed by atoms with Crippen LogP contribution in [-0.2, 0) is 14.3 Å². The first kappa shape index (κ1) is 36.2. The molecule has 2 aliphatic rings. The average molecular weight is 581 g/mol. The van der Waals surface area contributed by atoms with Crippen molar-refractivity contribution in [3.8, 4) is 0 Å². The van der Waals surface area contributed by atoms with Crippen LogP contribution < -0.4 is 0 Å². The lowest BCUT2D eigenvalue weighted by Crippen LogP contribution is -2.31. The molecule has 0 unspecified atom stereocenters. The van der Waals surface area contributed by atoms with Gasteiger partial charge in [-0.1, -0.05) is 122 Å². The minimum absolute atomic E-state index is 0.102. The number of carbonyl (C=O) groups excluding carboxylic acids is 1. The van der Waals surface area contributed by atoms with Gasteiger partial charge in [0.2, 0.25) is 0 Å². The van der Waals surface area contributed by atoms with Crippen molar-refractivity contribution in [2.75, 3.05) is 0 Å². The summed E-state index contributed by atoms with van der Waals surface area (Å²) in [6.07, 6.45) is 26.7. The van der Waals surface area contributed by atoms with Crippen molar-refractivity contribution >= 4 is 5.97 Å². The van der Waals surface area contributed by atoms with Gasteiger partial charge in [-0.2, -0.15) is 0 Å². The molecule has 0 bridgehead atoms. The molecule has 6 nitrogen and oxygen atoms in total. The molecule has 0 aromatic rings. The van der Waals surface area contributed by atoms with E-state index < -0.39 is 18.3 Å². The molecule has 0 saturated carbocycles. The minimum atomic E-state index is -0.461. The van der Waals surface area contributed by atoms with Crippen LogP contribution in [0.1, 0.15) is 168 Å². The Morgan fingerprint density at radius 3 is 1.51 bits per heavy atom. The van der Waals surface area contributed by atoms with E-state index in [0.717, 1.165) is 64.2 Å². The minimum Gasteiger partial charge on any atom is -0.455 e. The maximum atomic E-state index is 11.6. The summed E-state index contributed by atoms with van der Waals surface area (Å²) in [5, 5.41) is 31.4. The molecule has 2 aliphatic heterocycles. The molecule has 0 spiro atoms. The lowest BCUT2D eigenvalue weighted by Gasteiger charge is -2.22. The highest BCUT2D eigenvalue weighted by atomic mass is 16.5. The zero-order valence-electron chi connectivity index (χ0n) is 26.6. The van der Waals surface area contributed by atoms with Crippen LogP contribution in [0.4, 0.5) is 0 Å². The third-order valence-corrected chi connectivity index (χ3v) is 9.03. The largest absolute Gasteiger partial charge is 0.455 e. The monoisotopic (exact) mass is 580 g/mol. The van der Waals surface area contributed by atoms with Crippen molar-refractivity contribution in [2.45, 2.75) is 205 Å². The smallest absolute Gasteiger partial charge is 0.334 e. The van der Waals surface area contributed by atoms with Crippen molar-refractivity contribution in [3.63, 3.8) is 0 Å². The predicted molar refractivity (Wildman–Crippen MR) is 167 cm³/mol. The van der Waals surface area contributed by atoms with E-state index in [0.29, 0.717) is 12.0 Å². The average Bonchev–Trinajstić information content (AvgIpc) is 3.57. The topological polar surface area (TPSA) is 96.2 Å². The Balaban J connectivity index is 1.37. The zero-order chi connectivity index (χ0) is 29.7. The summed E-state index contributed by atoms with van der Waals surface area (Å²) in [7, 11) is 0. The highest BCUT2D eigenvalue weighted by Gasteiger charge is 2.34. The second-order valence-electron chi connectivity index (χ2n) is 13.0. The van der Waals surface area contributed by atoms with Crippen LogP contribution in [0.2, 0.25) is 0 Å². The Morgan fingerprint density at radius 1 is 0.683 bits per heavy atom. The predicted octanol–water partition coefficient (Wildman–Crippen LogP) is 8.09. The standard InChI is InChI=1S/C35H64O6/c1-3-4-5-6-7-8-9-13-16-19-22-31(37)33-24-25-34(41-33)32(38)23-20-17-14-11-10-12-15-18-21-30(36)27-29-26-28(2)40-35(29)39/h26,28,30-34,36-38H,3-25,27H2,1-2H3/t28-,30+,31-,32-,33+,34+/m0/s1. The normalized spacial score (nSPS) is 23.0. The first-order valence-electron chi connectivity index (χ1n) is 17.5.